The molecule has 12 heteroatoms. The summed E-state index contributed by atoms with van der Waals surface area (Å²) in [6, 6.07) is 0. The van der Waals surface area contributed by atoms with Crippen molar-refractivity contribution in [2.45, 2.75) is 0 Å². The molecule has 0 fully saturated rings. The van der Waals surface area contributed by atoms with Crippen molar-refractivity contribution in [2.24, 2.45) is 0 Å². The molecular formula is BaCoO8S2. The Balaban J connectivity index is -0.0000000457. The van der Waals surface area contributed by atoms with Gasteiger partial charge in [-0.05, 0) is 0 Å². The average molecular weight is 388 g/mol. The van der Waals surface area contributed by atoms with Gasteiger partial charge in [0.15, 0.2) is 0 Å². The first-order valence-corrected chi connectivity index (χ1v) is 4.00. The van der Waals surface area contributed by atoms with E-state index in [4.69, 9.17) is 35.0 Å². The van der Waals surface area contributed by atoms with Gasteiger partial charge in [-0.2, -0.15) is 0 Å². The molecule has 0 unspecified atom stereocenters. The summed E-state index contributed by atoms with van der Waals surface area (Å²) in [4.78, 5) is 0. The fourth-order valence-electron chi connectivity index (χ4n) is 0. The predicted molar refractivity (Wildman–Crippen MR) is 26.7 cm³/mol. The van der Waals surface area contributed by atoms with Crippen LogP contribution in [0, 0.1) is 0 Å². The molecule has 0 rings (SSSR count). The largest absolute Gasteiger partial charge is 2.00 e. The van der Waals surface area contributed by atoms with Gasteiger partial charge in [0.1, 0.15) is 0 Å². The minimum atomic E-state index is -5.17. The first kappa shape index (κ1) is 23.6. The van der Waals surface area contributed by atoms with Gasteiger partial charge in [0.2, 0.25) is 0 Å². The second-order valence-corrected chi connectivity index (χ2v) is 2.45. The van der Waals surface area contributed by atoms with Crippen LogP contribution < -0.4 is 0 Å². The first-order valence-electron chi connectivity index (χ1n) is 1.33. The Morgan fingerprint density at radius 3 is 0.667 bits per heavy atom. The second-order valence-electron chi connectivity index (χ2n) is 0.816. The zero-order chi connectivity index (χ0) is 9.00. The summed E-state index contributed by atoms with van der Waals surface area (Å²) in [5.74, 6) is 0. The van der Waals surface area contributed by atoms with E-state index in [1.54, 1.807) is 0 Å². The van der Waals surface area contributed by atoms with Crippen molar-refractivity contribution >= 4 is 69.7 Å². The Bertz CT molecular complexity index is 213. The molecule has 0 spiro atoms. The Kier molecular flexibility index (Phi) is 18.4. The van der Waals surface area contributed by atoms with E-state index in [0.717, 1.165) is 0 Å². The van der Waals surface area contributed by atoms with Crippen LogP contribution in [0.2, 0.25) is 0 Å². The normalized spacial score (nSPS) is 9.67. The molecule has 0 aliphatic heterocycles. The van der Waals surface area contributed by atoms with Crippen LogP contribution in [-0.4, -0.2) is 83.9 Å². The third kappa shape index (κ3) is 418. The zero-order valence-corrected chi connectivity index (χ0v) is 12.2. The summed E-state index contributed by atoms with van der Waals surface area (Å²) in [6.45, 7) is 0. The van der Waals surface area contributed by atoms with Gasteiger partial charge < -0.3 is 18.2 Å². The van der Waals surface area contributed by atoms with E-state index < -0.39 is 20.8 Å². The molecule has 0 aromatic carbocycles. The van der Waals surface area contributed by atoms with Crippen molar-refractivity contribution in [1.82, 2.24) is 0 Å². The monoisotopic (exact) mass is 389 g/mol. The molecule has 0 aromatic heterocycles. The number of rotatable bonds is 0. The van der Waals surface area contributed by atoms with Crippen molar-refractivity contribution in [3.63, 3.8) is 0 Å². The van der Waals surface area contributed by atoms with Gasteiger partial charge in [-0.15, -0.1) is 0 Å². The molecule has 71 valence electrons. The average Bonchev–Trinajstić information content (AvgIpc) is 1.12. The maximum absolute atomic E-state index is 8.52. The molecule has 0 atom stereocenters. The molecule has 12 heavy (non-hydrogen) atoms. The van der Waals surface area contributed by atoms with Gasteiger partial charge in [-0.3, -0.25) is 16.8 Å². The summed E-state index contributed by atoms with van der Waals surface area (Å²) < 4.78 is 68.2. The molecule has 0 bridgehead atoms. The van der Waals surface area contributed by atoms with Crippen molar-refractivity contribution in [3.05, 3.63) is 0 Å². The van der Waals surface area contributed by atoms with E-state index in [-0.39, 0.29) is 65.7 Å². The molecule has 0 aliphatic rings. The van der Waals surface area contributed by atoms with E-state index in [9.17, 15) is 0 Å². The number of hydrogen-bond acceptors (Lipinski definition) is 8. The summed E-state index contributed by atoms with van der Waals surface area (Å²) in [5.41, 5.74) is 0. The van der Waals surface area contributed by atoms with E-state index in [1.807, 2.05) is 0 Å². The van der Waals surface area contributed by atoms with Crippen molar-refractivity contribution < 1.29 is 51.8 Å². The van der Waals surface area contributed by atoms with Gasteiger partial charge in [0.05, 0.1) is 0 Å². The third-order valence-corrected chi connectivity index (χ3v) is 0. The van der Waals surface area contributed by atoms with Crippen LogP contribution in [0.15, 0.2) is 0 Å². The fraction of sp³-hybridized carbons (Fsp3) is 0. The Morgan fingerprint density at radius 1 is 0.667 bits per heavy atom. The summed E-state index contributed by atoms with van der Waals surface area (Å²) in [6.07, 6.45) is 0. The number of hydrogen-bond donors (Lipinski definition) is 0. The summed E-state index contributed by atoms with van der Waals surface area (Å²) in [7, 11) is -10.3. The maximum atomic E-state index is 8.52. The second kappa shape index (κ2) is 9.38. The predicted octanol–water partition coefficient (Wildman–Crippen LogP) is -3.06. The maximum Gasteiger partial charge on any atom is 2.00 e. The van der Waals surface area contributed by atoms with E-state index in [1.165, 1.54) is 0 Å². The van der Waals surface area contributed by atoms with Gasteiger partial charge in [0.25, 0.3) is 0 Å². The van der Waals surface area contributed by atoms with Gasteiger partial charge in [-0.1, -0.05) is 0 Å². The Labute approximate surface area is 120 Å². The molecule has 0 heterocycles. The molecule has 0 N–H and O–H groups in total. The molecule has 0 saturated heterocycles. The van der Waals surface area contributed by atoms with Gasteiger partial charge in [-0.25, -0.2) is 0 Å². The molecule has 0 saturated carbocycles. The summed E-state index contributed by atoms with van der Waals surface area (Å²) >= 11 is 0. The molecule has 0 aliphatic carbocycles. The summed E-state index contributed by atoms with van der Waals surface area (Å²) in [5, 5.41) is 0. The zero-order valence-electron chi connectivity index (χ0n) is 5.12. The van der Waals surface area contributed by atoms with Gasteiger partial charge in [0, 0.05) is 20.8 Å². The molecule has 0 amide bonds. The van der Waals surface area contributed by atoms with Crippen molar-refractivity contribution in [3.8, 4) is 0 Å². The van der Waals surface area contributed by atoms with Crippen LogP contribution in [-0.2, 0) is 37.6 Å². The quantitative estimate of drug-likeness (QED) is 0.240. The minimum absolute atomic E-state index is 0. The van der Waals surface area contributed by atoms with Crippen LogP contribution in [0.25, 0.3) is 0 Å². The SMILES string of the molecule is O=S(=O)([O-])[O-].O=S(=O)([O-])[O-].[Ba+2].[Co+2]. The van der Waals surface area contributed by atoms with E-state index in [2.05, 4.69) is 0 Å². The third-order valence-electron chi connectivity index (χ3n) is 0. The van der Waals surface area contributed by atoms with Crippen molar-refractivity contribution in [2.75, 3.05) is 0 Å². The minimum Gasteiger partial charge on any atom is -0.759 e. The van der Waals surface area contributed by atoms with Gasteiger partial charge >= 0.3 is 65.7 Å². The van der Waals surface area contributed by atoms with Crippen LogP contribution in [0.4, 0.5) is 0 Å². The Hall–Kier alpha value is 1.82. The van der Waals surface area contributed by atoms with Crippen LogP contribution in [0.5, 0.6) is 0 Å². The van der Waals surface area contributed by atoms with Crippen LogP contribution in [0.1, 0.15) is 0 Å². The first-order chi connectivity index (χ1) is 4.00. The molecule has 0 aromatic rings. The fourth-order valence-corrected chi connectivity index (χ4v) is 0. The van der Waals surface area contributed by atoms with Crippen molar-refractivity contribution in [1.29, 1.82) is 0 Å². The standard InChI is InChI=1S/Ba.Co.2H2O4S/c;;2*1-5(2,3)4/h;;2*(H2,1,2,3,4)/q2*+2;;/p-4. The van der Waals surface area contributed by atoms with Crippen LogP contribution >= 0.6 is 0 Å². The molecule has 1 radical (unpaired) electrons. The Morgan fingerprint density at radius 2 is 0.667 bits per heavy atom. The molecular weight excluding hydrogens is 388 g/mol. The topological polar surface area (TPSA) is 161 Å². The smallest absolute Gasteiger partial charge is 0.759 e. The van der Waals surface area contributed by atoms with Crippen LogP contribution in [0.3, 0.4) is 0 Å². The van der Waals surface area contributed by atoms with E-state index >= 15 is 0 Å². The molecule has 8 nitrogen and oxygen atoms in total. The van der Waals surface area contributed by atoms with E-state index in [0.29, 0.717) is 0 Å².